The third-order valence-corrected chi connectivity index (χ3v) is 6.20. The van der Waals surface area contributed by atoms with Gasteiger partial charge in [-0.15, -0.1) is 11.3 Å². The highest BCUT2D eigenvalue weighted by Crippen LogP contribution is 2.63. The summed E-state index contributed by atoms with van der Waals surface area (Å²) in [5.41, 5.74) is 1.12. The van der Waals surface area contributed by atoms with Crippen molar-refractivity contribution >= 4 is 11.3 Å². The molecule has 0 saturated heterocycles. The Labute approximate surface area is 120 Å². The van der Waals surface area contributed by atoms with Crippen LogP contribution in [0.5, 0.6) is 0 Å². The molecule has 2 saturated carbocycles. The van der Waals surface area contributed by atoms with Gasteiger partial charge in [0.1, 0.15) is 0 Å². The molecule has 0 unspecified atom stereocenters. The van der Waals surface area contributed by atoms with E-state index in [1.54, 1.807) is 12.0 Å². The van der Waals surface area contributed by atoms with Gasteiger partial charge in [-0.2, -0.15) is 0 Å². The van der Waals surface area contributed by atoms with Crippen LogP contribution in [0.15, 0.2) is 17.5 Å². The van der Waals surface area contributed by atoms with Crippen molar-refractivity contribution in [3.05, 3.63) is 22.4 Å². The number of thiophene rings is 1. The molecule has 2 aliphatic rings. The Morgan fingerprint density at radius 3 is 2.74 bits per heavy atom. The molecule has 0 radical (unpaired) electrons. The molecule has 3 rings (SSSR count). The van der Waals surface area contributed by atoms with Gasteiger partial charge in [0.05, 0.1) is 6.61 Å². The van der Waals surface area contributed by atoms with E-state index >= 15 is 0 Å². The van der Waals surface area contributed by atoms with Gasteiger partial charge in [-0.05, 0) is 42.5 Å². The van der Waals surface area contributed by atoms with E-state index in [0.717, 1.165) is 19.7 Å². The average Bonchev–Trinajstić information content (AvgIpc) is 3.03. The molecule has 0 bridgehead atoms. The fourth-order valence-corrected chi connectivity index (χ4v) is 5.26. The van der Waals surface area contributed by atoms with Crippen LogP contribution in [0.2, 0.25) is 0 Å². The maximum atomic E-state index is 5.13. The quantitative estimate of drug-likeness (QED) is 0.804. The van der Waals surface area contributed by atoms with Crippen molar-refractivity contribution in [2.24, 2.45) is 5.41 Å². The SMILES string of the molecule is COCCNCC1(c2cccs2)CC2(CCCC2)C1. The molecule has 2 nitrogen and oxygen atoms in total. The minimum Gasteiger partial charge on any atom is -0.383 e. The summed E-state index contributed by atoms with van der Waals surface area (Å²) in [6, 6.07) is 4.54. The summed E-state index contributed by atoms with van der Waals surface area (Å²) in [5, 5.41) is 5.83. The molecule has 0 aliphatic heterocycles. The van der Waals surface area contributed by atoms with Crippen LogP contribution in [0.4, 0.5) is 0 Å². The van der Waals surface area contributed by atoms with E-state index in [1.165, 1.54) is 38.5 Å². The van der Waals surface area contributed by atoms with Gasteiger partial charge in [-0.1, -0.05) is 18.9 Å². The van der Waals surface area contributed by atoms with E-state index < -0.39 is 0 Å². The molecule has 106 valence electrons. The Bertz CT molecular complexity index is 387. The second-order valence-electron chi connectivity index (χ2n) is 6.49. The molecular formula is C16H25NOS. The normalized spacial score (nSPS) is 23.6. The van der Waals surface area contributed by atoms with E-state index in [1.807, 2.05) is 11.3 Å². The maximum absolute atomic E-state index is 5.13. The number of rotatable bonds is 6. The van der Waals surface area contributed by atoms with Crippen LogP contribution in [0.25, 0.3) is 0 Å². The molecule has 2 aliphatic carbocycles. The van der Waals surface area contributed by atoms with Crippen LogP contribution in [-0.4, -0.2) is 26.8 Å². The third-order valence-electron chi connectivity index (χ3n) is 5.08. The van der Waals surface area contributed by atoms with Gasteiger partial charge in [0, 0.05) is 30.5 Å². The van der Waals surface area contributed by atoms with Crippen molar-refractivity contribution in [3.8, 4) is 0 Å². The van der Waals surface area contributed by atoms with E-state index in [-0.39, 0.29) is 0 Å². The molecular weight excluding hydrogens is 254 g/mol. The molecule has 0 atom stereocenters. The van der Waals surface area contributed by atoms with Gasteiger partial charge >= 0.3 is 0 Å². The molecule has 1 heterocycles. The van der Waals surface area contributed by atoms with Crippen LogP contribution in [0.3, 0.4) is 0 Å². The minimum atomic E-state index is 0.423. The fraction of sp³-hybridized carbons (Fsp3) is 0.750. The van der Waals surface area contributed by atoms with Crippen molar-refractivity contribution < 1.29 is 4.74 Å². The van der Waals surface area contributed by atoms with Crippen molar-refractivity contribution in [1.82, 2.24) is 5.32 Å². The molecule has 1 spiro atoms. The van der Waals surface area contributed by atoms with Crippen molar-refractivity contribution in [3.63, 3.8) is 0 Å². The number of ether oxygens (including phenoxy) is 1. The van der Waals surface area contributed by atoms with Crippen LogP contribution in [0, 0.1) is 5.41 Å². The Balaban J connectivity index is 1.64. The van der Waals surface area contributed by atoms with E-state index in [0.29, 0.717) is 10.8 Å². The number of nitrogens with one attached hydrogen (secondary N) is 1. The number of hydrogen-bond donors (Lipinski definition) is 1. The van der Waals surface area contributed by atoms with Gasteiger partial charge < -0.3 is 10.1 Å². The molecule has 3 heteroatoms. The smallest absolute Gasteiger partial charge is 0.0587 e. The van der Waals surface area contributed by atoms with Crippen molar-refractivity contribution in [1.29, 1.82) is 0 Å². The lowest BCUT2D eigenvalue weighted by atomic mass is 9.51. The standard InChI is InChI=1S/C16H25NOS/c1-18-9-8-17-13-16(14-5-4-10-19-14)11-15(12-16)6-2-3-7-15/h4-5,10,17H,2-3,6-9,11-13H2,1H3. The largest absolute Gasteiger partial charge is 0.383 e. The van der Waals surface area contributed by atoms with Crippen LogP contribution in [0.1, 0.15) is 43.4 Å². The van der Waals surface area contributed by atoms with Crippen LogP contribution < -0.4 is 5.32 Å². The number of methoxy groups -OCH3 is 1. The highest BCUT2D eigenvalue weighted by Gasteiger charge is 2.55. The zero-order valence-corrected chi connectivity index (χ0v) is 12.7. The van der Waals surface area contributed by atoms with Crippen LogP contribution >= 0.6 is 11.3 Å². The first kappa shape index (κ1) is 13.6. The molecule has 2 fully saturated rings. The lowest BCUT2D eigenvalue weighted by Gasteiger charge is -2.55. The highest BCUT2D eigenvalue weighted by atomic mass is 32.1. The van der Waals surface area contributed by atoms with Crippen LogP contribution in [-0.2, 0) is 10.2 Å². The maximum Gasteiger partial charge on any atom is 0.0587 e. The summed E-state index contributed by atoms with van der Waals surface area (Å²) < 4.78 is 5.13. The summed E-state index contributed by atoms with van der Waals surface area (Å²) in [7, 11) is 1.77. The molecule has 19 heavy (non-hydrogen) atoms. The van der Waals surface area contributed by atoms with Gasteiger partial charge in [0.2, 0.25) is 0 Å². The zero-order valence-electron chi connectivity index (χ0n) is 11.9. The van der Waals surface area contributed by atoms with E-state index in [4.69, 9.17) is 4.74 Å². The highest BCUT2D eigenvalue weighted by molar-refractivity contribution is 7.10. The van der Waals surface area contributed by atoms with Gasteiger partial charge in [-0.3, -0.25) is 0 Å². The summed E-state index contributed by atoms with van der Waals surface area (Å²) >= 11 is 1.94. The Hall–Kier alpha value is -0.380. The number of hydrogen-bond acceptors (Lipinski definition) is 3. The summed E-state index contributed by atoms with van der Waals surface area (Å²) in [4.78, 5) is 1.59. The third kappa shape index (κ3) is 2.61. The zero-order chi connectivity index (χ0) is 13.2. The van der Waals surface area contributed by atoms with E-state index in [2.05, 4.69) is 22.8 Å². The first-order chi connectivity index (χ1) is 9.29. The molecule has 1 aromatic heterocycles. The van der Waals surface area contributed by atoms with Gasteiger partial charge in [0.25, 0.3) is 0 Å². The van der Waals surface area contributed by atoms with Crippen molar-refractivity contribution in [2.75, 3.05) is 26.8 Å². The lowest BCUT2D eigenvalue weighted by molar-refractivity contribution is 0.0284. The fourth-order valence-electron chi connectivity index (χ4n) is 4.33. The topological polar surface area (TPSA) is 21.3 Å². The first-order valence-electron chi connectivity index (χ1n) is 7.52. The Morgan fingerprint density at radius 1 is 1.32 bits per heavy atom. The predicted molar refractivity (Wildman–Crippen MR) is 80.9 cm³/mol. The predicted octanol–water partition coefficient (Wildman–Crippen LogP) is 3.58. The first-order valence-corrected chi connectivity index (χ1v) is 8.40. The Morgan fingerprint density at radius 2 is 2.11 bits per heavy atom. The minimum absolute atomic E-state index is 0.423. The second-order valence-corrected chi connectivity index (χ2v) is 7.44. The molecule has 1 aromatic rings. The van der Waals surface area contributed by atoms with E-state index in [9.17, 15) is 0 Å². The second kappa shape index (κ2) is 5.55. The molecule has 0 amide bonds. The summed E-state index contributed by atoms with van der Waals surface area (Å²) in [6.07, 6.45) is 8.66. The lowest BCUT2D eigenvalue weighted by Crippen LogP contribution is -2.53. The monoisotopic (exact) mass is 279 g/mol. The Kier molecular flexibility index (Phi) is 3.97. The summed E-state index contributed by atoms with van der Waals surface area (Å²) in [5.74, 6) is 0. The molecule has 0 aromatic carbocycles. The van der Waals surface area contributed by atoms with Crippen molar-refractivity contribution in [2.45, 2.75) is 43.9 Å². The van der Waals surface area contributed by atoms with Gasteiger partial charge in [0.15, 0.2) is 0 Å². The summed E-state index contributed by atoms with van der Waals surface area (Å²) in [6.45, 7) is 2.90. The average molecular weight is 279 g/mol. The molecule has 1 N–H and O–H groups in total. The van der Waals surface area contributed by atoms with Gasteiger partial charge in [-0.25, -0.2) is 0 Å².